The minimum absolute atomic E-state index is 0. The fourth-order valence-corrected chi connectivity index (χ4v) is 3.80. The molecule has 0 unspecified atom stereocenters. The summed E-state index contributed by atoms with van der Waals surface area (Å²) in [4.78, 5) is 4.61. The normalized spacial score (nSPS) is 11.9. The van der Waals surface area contributed by atoms with Gasteiger partial charge in [-0.1, -0.05) is 36.4 Å². The van der Waals surface area contributed by atoms with Crippen molar-refractivity contribution in [1.29, 1.82) is 0 Å². The lowest BCUT2D eigenvalue weighted by Crippen LogP contribution is -2.36. The Morgan fingerprint density at radius 1 is 1.00 bits per heavy atom. The molecule has 0 aromatic heterocycles. The molecule has 0 atom stereocenters. The summed E-state index contributed by atoms with van der Waals surface area (Å²) >= 11 is 0. The van der Waals surface area contributed by atoms with Crippen LogP contribution in [0, 0.1) is 6.92 Å². The van der Waals surface area contributed by atoms with Crippen LogP contribution in [0.1, 0.15) is 36.1 Å². The molecular weight excluding hydrogens is 513 g/mol. The molecule has 8 heteroatoms. The molecular formula is C22H32IN3O3S. The molecule has 166 valence electrons. The van der Waals surface area contributed by atoms with Gasteiger partial charge in [0.05, 0.1) is 17.6 Å². The second-order valence-electron chi connectivity index (χ2n) is 7.33. The van der Waals surface area contributed by atoms with Crippen molar-refractivity contribution < 1.29 is 13.2 Å². The third kappa shape index (κ3) is 8.61. The van der Waals surface area contributed by atoms with E-state index in [1.807, 2.05) is 32.9 Å². The molecule has 2 aromatic carbocycles. The van der Waals surface area contributed by atoms with Crippen molar-refractivity contribution >= 4 is 39.8 Å². The first-order valence-electron chi connectivity index (χ1n) is 9.62. The van der Waals surface area contributed by atoms with Crippen LogP contribution in [0.4, 0.5) is 0 Å². The smallest absolute Gasteiger partial charge is 0.191 e. The SMILES string of the molecule is CN=C(NCc1ccc(COC(C)C)cc1)NCc1ccc(S(C)(=O)=O)c(C)c1.I. The Balaban J connectivity index is 0.00000450. The van der Waals surface area contributed by atoms with E-state index in [9.17, 15) is 8.42 Å². The van der Waals surface area contributed by atoms with E-state index in [4.69, 9.17) is 4.74 Å². The zero-order valence-corrected chi connectivity index (χ0v) is 21.4. The summed E-state index contributed by atoms with van der Waals surface area (Å²) in [6, 6.07) is 13.7. The molecule has 6 nitrogen and oxygen atoms in total. The van der Waals surface area contributed by atoms with Crippen LogP contribution in [0.2, 0.25) is 0 Å². The third-order valence-electron chi connectivity index (χ3n) is 4.39. The van der Waals surface area contributed by atoms with Gasteiger partial charge in [-0.2, -0.15) is 0 Å². The van der Waals surface area contributed by atoms with E-state index in [0.29, 0.717) is 30.6 Å². The number of nitrogens with one attached hydrogen (secondary N) is 2. The number of sulfone groups is 1. The molecule has 0 fully saturated rings. The maximum Gasteiger partial charge on any atom is 0.191 e. The standard InChI is InChI=1S/C22H31N3O3S.HI/c1-16(2)28-15-19-8-6-18(7-9-19)13-24-22(23-4)25-14-20-10-11-21(17(3)12-20)29(5,26)27;/h6-12,16H,13-15H2,1-5H3,(H2,23,24,25);1H. The fourth-order valence-electron chi connectivity index (χ4n) is 2.85. The van der Waals surface area contributed by atoms with E-state index in [1.54, 1.807) is 13.1 Å². The maximum absolute atomic E-state index is 11.7. The summed E-state index contributed by atoms with van der Waals surface area (Å²) in [5, 5.41) is 6.54. The number of aliphatic imine (C=N–C) groups is 1. The molecule has 30 heavy (non-hydrogen) atoms. The van der Waals surface area contributed by atoms with Crippen LogP contribution in [0.3, 0.4) is 0 Å². The molecule has 0 spiro atoms. The van der Waals surface area contributed by atoms with Gasteiger partial charge in [-0.15, -0.1) is 24.0 Å². The van der Waals surface area contributed by atoms with Crippen LogP contribution < -0.4 is 10.6 Å². The molecule has 2 N–H and O–H groups in total. The third-order valence-corrected chi connectivity index (χ3v) is 5.65. The Bertz CT molecular complexity index is 943. The number of guanidine groups is 1. The molecule has 0 bridgehead atoms. The summed E-state index contributed by atoms with van der Waals surface area (Å²) in [7, 11) is -1.48. The molecule has 0 radical (unpaired) electrons. The average molecular weight is 545 g/mol. The van der Waals surface area contributed by atoms with Crippen LogP contribution >= 0.6 is 24.0 Å². The van der Waals surface area contributed by atoms with Crippen molar-refractivity contribution in [1.82, 2.24) is 10.6 Å². The summed E-state index contributed by atoms with van der Waals surface area (Å²) in [5.74, 6) is 0.682. The number of nitrogens with zero attached hydrogens (tertiary/aromatic N) is 1. The van der Waals surface area contributed by atoms with Gasteiger partial charge in [0.2, 0.25) is 0 Å². The molecule has 0 heterocycles. The van der Waals surface area contributed by atoms with Crippen molar-refractivity contribution in [2.24, 2.45) is 4.99 Å². The molecule has 0 aliphatic rings. The van der Waals surface area contributed by atoms with Crippen LogP contribution in [-0.4, -0.2) is 33.8 Å². The van der Waals surface area contributed by atoms with Gasteiger partial charge in [0.15, 0.2) is 15.8 Å². The van der Waals surface area contributed by atoms with Crippen molar-refractivity contribution in [2.75, 3.05) is 13.3 Å². The first-order chi connectivity index (χ1) is 13.7. The Morgan fingerprint density at radius 2 is 1.53 bits per heavy atom. The highest BCUT2D eigenvalue weighted by Gasteiger charge is 2.11. The van der Waals surface area contributed by atoms with E-state index in [-0.39, 0.29) is 30.1 Å². The summed E-state index contributed by atoms with van der Waals surface area (Å²) in [6.07, 6.45) is 1.44. The molecule has 0 aliphatic heterocycles. The minimum atomic E-state index is -3.20. The van der Waals surface area contributed by atoms with Gasteiger partial charge in [-0.25, -0.2) is 8.42 Å². The Kier molecular flexibility index (Phi) is 10.8. The number of hydrogen-bond donors (Lipinski definition) is 2. The number of hydrogen-bond acceptors (Lipinski definition) is 4. The second-order valence-corrected chi connectivity index (χ2v) is 9.31. The Hall–Kier alpha value is -1.65. The Morgan fingerprint density at radius 3 is 2.03 bits per heavy atom. The number of aryl methyl sites for hydroxylation is 1. The van der Waals surface area contributed by atoms with Crippen molar-refractivity contribution in [3.8, 4) is 0 Å². The monoisotopic (exact) mass is 545 g/mol. The van der Waals surface area contributed by atoms with Gasteiger partial charge in [-0.3, -0.25) is 4.99 Å². The number of halogens is 1. The molecule has 0 saturated carbocycles. The van der Waals surface area contributed by atoms with Gasteiger partial charge in [0.25, 0.3) is 0 Å². The van der Waals surface area contributed by atoms with E-state index in [2.05, 4.69) is 39.9 Å². The maximum atomic E-state index is 11.7. The lowest BCUT2D eigenvalue weighted by atomic mass is 10.1. The summed E-state index contributed by atoms with van der Waals surface area (Å²) in [5.41, 5.74) is 4.04. The lowest BCUT2D eigenvalue weighted by Gasteiger charge is -2.13. The Labute approximate surface area is 197 Å². The lowest BCUT2D eigenvalue weighted by molar-refractivity contribution is 0.0657. The highest BCUT2D eigenvalue weighted by atomic mass is 127. The van der Waals surface area contributed by atoms with Gasteiger partial charge in [0.1, 0.15) is 0 Å². The highest BCUT2D eigenvalue weighted by Crippen LogP contribution is 2.16. The second kappa shape index (κ2) is 12.3. The molecule has 2 aromatic rings. The average Bonchev–Trinajstić information content (AvgIpc) is 2.66. The van der Waals surface area contributed by atoms with Crippen molar-refractivity contribution in [3.05, 3.63) is 64.7 Å². The first-order valence-corrected chi connectivity index (χ1v) is 11.5. The highest BCUT2D eigenvalue weighted by molar-refractivity contribution is 14.0. The largest absolute Gasteiger partial charge is 0.374 e. The van der Waals surface area contributed by atoms with E-state index in [1.165, 1.54) is 6.26 Å². The van der Waals surface area contributed by atoms with Gasteiger partial charge in [-0.05, 0) is 49.1 Å². The number of rotatable bonds is 8. The van der Waals surface area contributed by atoms with E-state index >= 15 is 0 Å². The molecule has 0 saturated heterocycles. The van der Waals surface area contributed by atoms with E-state index < -0.39 is 9.84 Å². The zero-order valence-electron chi connectivity index (χ0n) is 18.2. The summed E-state index contributed by atoms with van der Waals surface area (Å²) < 4.78 is 29.1. The van der Waals surface area contributed by atoms with Crippen LogP contribution in [-0.2, 0) is 34.3 Å². The van der Waals surface area contributed by atoms with Crippen LogP contribution in [0.15, 0.2) is 52.4 Å². The number of benzene rings is 2. The topological polar surface area (TPSA) is 79.8 Å². The van der Waals surface area contributed by atoms with Crippen molar-refractivity contribution in [3.63, 3.8) is 0 Å². The number of ether oxygens (including phenoxy) is 1. The zero-order chi connectivity index (χ0) is 21.4. The van der Waals surface area contributed by atoms with Gasteiger partial charge < -0.3 is 15.4 Å². The van der Waals surface area contributed by atoms with E-state index in [0.717, 1.165) is 22.3 Å². The van der Waals surface area contributed by atoms with Crippen LogP contribution in [0.5, 0.6) is 0 Å². The summed E-state index contributed by atoms with van der Waals surface area (Å²) in [6.45, 7) is 7.68. The minimum Gasteiger partial charge on any atom is -0.374 e. The fraction of sp³-hybridized carbons (Fsp3) is 0.409. The predicted molar refractivity (Wildman–Crippen MR) is 133 cm³/mol. The molecule has 0 amide bonds. The van der Waals surface area contributed by atoms with Gasteiger partial charge in [0, 0.05) is 26.4 Å². The quantitative estimate of drug-likeness (QED) is 0.300. The van der Waals surface area contributed by atoms with Crippen LogP contribution in [0.25, 0.3) is 0 Å². The van der Waals surface area contributed by atoms with Crippen molar-refractivity contribution in [2.45, 2.75) is 51.5 Å². The molecule has 0 aliphatic carbocycles. The molecule has 2 rings (SSSR count). The first kappa shape index (κ1) is 26.4. The predicted octanol–water partition coefficient (Wildman–Crippen LogP) is 3.81. The van der Waals surface area contributed by atoms with Gasteiger partial charge >= 0.3 is 0 Å².